The molecule has 0 aliphatic heterocycles. The van der Waals surface area contributed by atoms with Crippen LogP contribution in [0.1, 0.15) is 42.6 Å². The van der Waals surface area contributed by atoms with Gasteiger partial charge in [-0.2, -0.15) is 0 Å². The van der Waals surface area contributed by atoms with E-state index in [9.17, 15) is 0 Å². The summed E-state index contributed by atoms with van der Waals surface area (Å²) in [6.07, 6.45) is 5.34. The van der Waals surface area contributed by atoms with E-state index in [0.29, 0.717) is 6.54 Å². The van der Waals surface area contributed by atoms with Gasteiger partial charge in [0.2, 0.25) is 0 Å². The molecule has 1 atom stereocenters. The number of hydrogen-bond donors (Lipinski definition) is 1. The van der Waals surface area contributed by atoms with Gasteiger partial charge in [0.1, 0.15) is 5.76 Å². The maximum atomic E-state index is 5.85. The summed E-state index contributed by atoms with van der Waals surface area (Å²) < 4.78 is 5.46. The van der Waals surface area contributed by atoms with Crippen LogP contribution >= 0.6 is 0 Å². The van der Waals surface area contributed by atoms with Crippen LogP contribution in [0.5, 0.6) is 0 Å². The first kappa shape index (κ1) is 12.9. The zero-order valence-electron chi connectivity index (χ0n) is 10.9. The van der Waals surface area contributed by atoms with Crippen LogP contribution in [0.2, 0.25) is 0 Å². The minimum Gasteiger partial charge on any atom is -0.469 e. The minimum atomic E-state index is 0.167. The molecule has 0 radical (unpaired) electrons. The fourth-order valence-electron chi connectivity index (χ4n) is 2.20. The molecule has 18 heavy (non-hydrogen) atoms. The Kier molecular flexibility index (Phi) is 4.59. The Hall–Kier alpha value is -1.54. The Balaban J connectivity index is 2.12. The fraction of sp³-hybridized carbons (Fsp3) is 0.375. The molecule has 2 rings (SSSR count). The van der Waals surface area contributed by atoms with Crippen molar-refractivity contribution in [1.29, 1.82) is 0 Å². The molecule has 0 saturated carbocycles. The van der Waals surface area contributed by atoms with Gasteiger partial charge >= 0.3 is 0 Å². The van der Waals surface area contributed by atoms with Crippen LogP contribution in [-0.2, 0) is 6.42 Å². The van der Waals surface area contributed by atoms with Crippen molar-refractivity contribution in [3.8, 4) is 0 Å². The van der Waals surface area contributed by atoms with Crippen molar-refractivity contribution < 1.29 is 4.42 Å². The summed E-state index contributed by atoms with van der Waals surface area (Å²) in [5.41, 5.74) is 8.48. The summed E-state index contributed by atoms with van der Waals surface area (Å²) in [5, 5.41) is 0. The number of benzene rings is 1. The lowest BCUT2D eigenvalue weighted by Crippen LogP contribution is -2.13. The molecule has 2 aromatic rings. The molecule has 0 amide bonds. The number of nitrogens with two attached hydrogens (primary N) is 1. The first-order valence-electron chi connectivity index (χ1n) is 6.67. The molecular weight excluding hydrogens is 222 g/mol. The molecule has 0 fully saturated rings. The number of hydrogen-bond acceptors (Lipinski definition) is 2. The molecule has 1 heterocycles. The van der Waals surface area contributed by atoms with Crippen molar-refractivity contribution in [2.75, 3.05) is 6.54 Å². The van der Waals surface area contributed by atoms with Crippen LogP contribution in [0.25, 0.3) is 0 Å². The Bertz CT molecular complexity index is 444. The average molecular weight is 243 g/mol. The third-order valence-electron chi connectivity index (χ3n) is 3.32. The SMILES string of the molecule is CCCCc1ccc(C(CN)c2ccco2)cc1. The maximum absolute atomic E-state index is 5.85. The number of aryl methyl sites for hydroxylation is 1. The molecule has 2 nitrogen and oxygen atoms in total. The molecular formula is C16H21NO. The predicted octanol–water partition coefficient (Wildman–Crippen LogP) is 3.71. The summed E-state index contributed by atoms with van der Waals surface area (Å²) in [6.45, 7) is 2.79. The largest absolute Gasteiger partial charge is 0.469 e. The molecule has 1 aromatic heterocycles. The lowest BCUT2D eigenvalue weighted by molar-refractivity contribution is 0.487. The van der Waals surface area contributed by atoms with Crippen molar-refractivity contribution in [2.24, 2.45) is 5.73 Å². The highest BCUT2D eigenvalue weighted by Crippen LogP contribution is 2.24. The van der Waals surface area contributed by atoms with Crippen molar-refractivity contribution in [3.05, 3.63) is 59.5 Å². The Labute approximate surface area is 109 Å². The second-order valence-electron chi connectivity index (χ2n) is 4.65. The number of rotatable bonds is 6. The minimum absolute atomic E-state index is 0.167. The lowest BCUT2D eigenvalue weighted by atomic mass is 9.95. The second kappa shape index (κ2) is 6.41. The molecule has 96 valence electrons. The molecule has 0 aliphatic carbocycles. The van der Waals surface area contributed by atoms with E-state index in [-0.39, 0.29) is 5.92 Å². The van der Waals surface area contributed by atoms with Gasteiger partial charge in [-0.1, -0.05) is 37.6 Å². The molecule has 0 aliphatic rings. The van der Waals surface area contributed by atoms with E-state index in [1.807, 2.05) is 12.1 Å². The summed E-state index contributed by atoms with van der Waals surface area (Å²) in [5.74, 6) is 1.11. The Morgan fingerprint density at radius 1 is 1.17 bits per heavy atom. The van der Waals surface area contributed by atoms with E-state index in [1.165, 1.54) is 24.0 Å². The van der Waals surface area contributed by atoms with Crippen LogP contribution in [-0.4, -0.2) is 6.54 Å². The van der Waals surface area contributed by atoms with Crippen LogP contribution in [0, 0.1) is 0 Å². The smallest absolute Gasteiger partial charge is 0.112 e. The lowest BCUT2D eigenvalue weighted by Gasteiger charge is -2.13. The van der Waals surface area contributed by atoms with E-state index in [2.05, 4.69) is 31.2 Å². The van der Waals surface area contributed by atoms with Crippen LogP contribution < -0.4 is 5.73 Å². The summed E-state index contributed by atoms with van der Waals surface area (Å²) >= 11 is 0. The van der Waals surface area contributed by atoms with E-state index >= 15 is 0 Å². The standard InChI is InChI=1S/C16H21NO/c1-2-3-5-13-7-9-14(10-8-13)15(12-17)16-6-4-11-18-16/h4,6-11,15H,2-3,5,12,17H2,1H3. The van der Waals surface area contributed by atoms with Gasteiger partial charge in [0.05, 0.1) is 12.2 Å². The van der Waals surface area contributed by atoms with Crippen LogP contribution in [0.15, 0.2) is 47.1 Å². The highest BCUT2D eigenvalue weighted by atomic mass is 16.3. The fourth-order valence-corrected chi connectivity index (χ4v) is 2.20. The van der Waals surface area contributed by atoms with Gasteiger partial charge < -0.3 is 10.2 Å². The van der Waals surface area contributed by atoms with Gasteiger partial charge in [0.25, 0.3) is 0 Å². The topological polar surface area (TPSA) is 39.2 Å². The summed E-state index contributed by atoms with van der Waals surface area (Å²) in [7, 11) is 0. The first-order chi connectivity index (χ1) is 8.85. The van der Waals surface area contributed by atoms with E-state index < -0.39 is 0 Å². The molecule has 1 unspecified atom stereocenters. The van der Waals surface area contributed by atoms with Crippen molar-refractivity contribution in [2.45, 2.75) is 32.1 Å². The average Bonchev–Trinajstić information content (AvgIpc) is 2.93. The Morgan fingerprint density at radius 2 is 1.94 bits per heavy atom. The highest BCUT2D eigenvalue weighted by Gasteiger charge is 2.14. The van der Waals surface area contributed by atoms with Crippen molar-refractivity contribution >= 4 is 0 Å². The molecule has 0 bridgehead atoms. The number of furan rings is 1. The monoisotopic (exact) mass is 243 g/mol. The third kappa shape index (κ3) is 3.02. The van der Waals surface area contributed by atoms with Gasteiger partial charge in [0.15, 0.2) is 0 Å². The van der Waals surface area contributed by atoms with Crippen LogP contribution in [0.3, 0.4) is 0 Å². The summed E-state index contributed by atoms with van der Waals surface area (Å²) in [4.78, 5) is 0. The van der Waals surface area contributed by atoms with E-state index in [1.54, 1.807) is 6.26 Å². The van der Waals surface area contributed by atoms with E-state index in [0.717, 1.165) is 12.2 Å². The molecule has 0 spiro atoms. The maximum Gasteiger partial charge on any atom is 0.112 e. The summed E-state index contributed by atoms with van der Waals surface area (Å²) in [6, 6.07) is 12.7. The normalized spacial score (nSPS) is 12.6. The predicted molar refractivity (Wildman–Crippen MR) is 74.7 cm³/mol. The molecule has 2 heteroatoms. The number of unbranched alkanes of at least 4 members (excludes halogenated alkanes) is 1. The Morgan fingerprint density at radius 3 is 2.50 bits per heavy atom. The second-order valence-corrected chi connectivity index (χ2v) is 4.65. The molecule has 2 N–H and O–H groups in total. The van der Waals surface area contributed by atoms with Gasteiger partial charge in [0, 0.05) is 6.54 Å². The van der Waals surface area contributed by atoms with Crippen molar-refractivity contribution in [1.82, 2.24) is 0 Å². The van der Waals surface area contributed by atoms with E-state index in [4.69, 9.17) is 10.2 Å². The van der Waals surface area contributed by atoms with Gasteiger partial charge in [-0.3, -0.25) is 0 Å². The van der Waals surface area contributed by atoms with Gasteiger partial charge in [-0.15, -0.1) is 0 Å². The highest BCUT2D eigenvalue weighted by molar-refractivity contribution is 5.30. The first-order valence-corrected chi connectivity index (χ1v) is 6.67. The van der Waals surface area contributed by atoms with Crippen molar-refractivity contribution in [3.63, 3.8) is 0 Å². The van der Waals surface area contributed by atoms with Crippen LogP contribution in [0.4, 0.5) is 0 Å². The zero-order chi connectivity index (χ0) is 12.8. The molecule has 0 saturated heterocycles. The zero-order valence-corrected chi connectivity index (χ0v) is 10.9. The molecule has 1 aromatic carbocycles. The third-order valence-corrected chi connectivity index (χ3v) is 3.32. The van der Waals surface area contributed by atoms with Gasteiger partial charge in [-0.05, 0) is 36.1 Å². The quantitative estimate of drug-likeness (QED) is 0.840. The van der Waals surface area contributed by atoms with Gasteiger partial charge in [-0.25, -0.2) is 0 Å².